The average molecular weight is 274 g/mol. The topological polar surface area (TPSA) is 12.0 Å². The van der Waals surface area contributed by atoms with Crippen molar-refractivity contribution in [2.75, 3.05) is 6.54 Å². The van der Waals surface area contributed by atoms with Crippen LogP contribution in [0.4, 0.5) is 0 Å². The van der Waals surface area contributed by atoms with Gasteiger partial charge in [-0.25, -0.2) is 0 Å². The van der Waals surface area contributed by atoms with Crippen LogP contribution in [0.3, 0.4) is 0 Å². The maximum absolute atomic E-state index is 6.21. The van der Waals surface area contributed by atoms with Gasteiger partial charge in [-0.1, -0.05) is 37.6 Å². The van der Waals surface area contributed by atoms with E-state index in [1.807, 2.05) is 13.0 Å². The fourth-order valence-electron chi connectivity index (χ4n) is 1.75. The number of hydrogen-bond donors (Lipinski definition) is 1. The molecular weight excluding hydrogens is 253 g/mol. The van der Waals surface area contributed by atoms with Gasteiger partial charge in [0.1, 0.15) is 0 Å². The summed E-state index contributed by atoms with van der Waals surface area (Å²) in [5.74, 6) is 0.641. The minimum atomic E-state index is 0.194. The summed E-state index contributed by atoms with van der Waals surface area (Å²) >= 11 is 12.4. The first-order valence-corrected chi connectivity index (χ1v) is 6.90. The van der Waals surface area contributed by atoms with E-state index >= 15 is 0 Å². The molecule has 0 saturated carbocycles. The van der Waals surface area contributed by atoms with Crippen molar-refractivity contribution in [2.24, 2.45) is 5.92 Å². The highest BCUT2D eigenvalue weighted by atomic mass is 35.5. The summed E-state index contributed by atoms with van der Waals surface area (Å²) in [7, 11) is 0. The number of alkyl halides is 1. The summed E-state index contributed by atoms with van der Waals surface area (Å²) in [6, 6.07) is 6.14. The third-order valence-corrected chi connectivity index (χ3v) is 3.30. The third kappa shape index (κ3) is 5.76. The van der Waals surface area contributed by atoms with Crippen molar-refractivity contribution in [3.05, 3.63) is 34.3 Å². The number of halogens is 2. The Labute approximate surface area is 115 Å². The van der Waals surface area contributed by atoms with Gasteiger partial charge >= 0.3 is 0 Å². The molecule has 0 aliphatic rings. The fourth-order valence-corrected chi connectivity index (χ4v) is 2.52. The Bertz CT molecular complexity index is 350. The molecule has 0 aliphatic carbocycles. The van der Waals surface area contributed by atoms with Crippen LogP contribution >= 0.6 is 23.2 Å². The fraction of sp³-hybridized carbons (Fsp3) is 0.571. The normalized spacial score (nSPS) is 13.1. The summed E-state index contributed by atoms with van der Waals surface area (Å²) in [5, 5.41) is 4.37. The first kappa shape index (κ1) is 14.8. The zero-order valence-electron chi connectivity index (χ0n) is 10.8. The van der Waals surface area contributed by atoms with E-state index in [-0.39, 0.29) is 5.38 Å². The maximum Gasteiger partial charge on any atom is 0.0463 e. The van der Waals surface area contributed by atoms with Crippen LogP contribution in [0.2, 0.25) is 5.02 Å². The third-order valence-electron chi connectivity index (χ3n) is 2.62. The van der Waals surface area contributed by atoms with Crippen LogP contribution in [0.5, 0.6) is 0 Å². The quantitative estimate of drug-likeness (QED) is 0.758. The van der Waals surface area contributed by atoms with Gasteiger partial charge in [-0.2, -0.15) is 0 Å². The highest BCUT2D eigenvalue weighted by Crippen LogP contribution is 2.17. The molecule has 1 unspecified atom stereocenters. The van der Waals surface area contributed by atoms with Crippen LogP contribution < -0.4 is 5.32 Å². The first-order chi connectivity index (χ1) is 7.99. The van der Waals surface area contributed by atoms with Crippen LogP contribution in [0.1, 0.15) is 31.4 Å². The second-order valence-corrected chi connectivity index (χ2v) is 5.98. The van der Waals surface area contributed by atoms with Crippen molar-refractivity contribution in [1.82, 2.24) is 5.32 Å². The number of hydrogen-bond acceptors (Lipinski definition) is 1. The lowest BCUT2D eigenvalue weighted by molar-refractivity contribution is 0.533. The van der Waals surface area contributed by atoms with Gasteiger partial charge in [0.15, 0.2) is 0 Å². The molecule has 0 amide bonds. The van der Waals surface area contributed by atoms with E-state index < -0.39 is 0 Å². The Kier molecular flexibility index (Phi) is 6.32. The molecule has 0 saturated heterocycles. The average Bonchev–Trinajstić information content (AvgIpc) is 2.20. The van der Waals surface area contributed by atoms with Crippen LogP contribution in [0.25, 0.3) is 0 Å². The second-order valence-electron chi connectivity index (χ2n) is 4.95. The Morgan fingerprint density at radius 1 is 1.29 bits per heavy atom. The SMILES string of the molecule is Cc1ccc(CNCC(Cl)CC(C)C)c(Cl)c1. The lowest BCUT2D eigenvalue weighted by Gasteiger charge is -2.13. The van der Waals surface area contributed by atoms with Crippen LogP contribution in [-0.4, -0.2) is 11.9 Å². The predicted molar refractivity (Wildman–Crippen MR) is 77.0 cm³/mol. The molecule has 0 spiro atoms. The van der Waals surface area contributed by atoms with Gasteiger partial charge in [0.05, 0.1) is 0 Å². The lowest BCUT2D eigenvalue weighted by Crippen LogP contribution is -2.24. The predicted octanol–water partition coefficient (Wildman–Crippen LogP) is 4.39. The van der Waals surface area contributed by atoms with E-state index in [9.17, 15) is 0 Å². The summed E-state index contributed by atoms with van der Waals surface area (Å²) in [4.78, 5) is 0. The van der Waals surface area contributed by atoms with Crippen molar-refractivity contribution in [1.29, 1.82) is 0 Å². The molecular formula is C14H21Cl2N. The molecule has 96 valence electrons. The number of aryl methyl sites for hydroxylation is 1. The lowest BCUT2D eigenvalue weighted by atomic mass is 10.1. The Morgan fingerprint density at radius 2 is 2.00 bits per heavy atom. The first-order valence-electron chi connectivity index (χ1n) is 6.09. The minimum absolute atomic E-state index is 0.194. The molecule has 1 aromatic rings. The molecule has 17 heavy (non-hydrogen) atoms. The van der Waals surface area contributed by atoms with E-state index in [0.29, 0.717) is 5.92 Å². The molecule has 3 heteroatoms. The van der Waals surface area contributed by atoms with E-state index in [2.05, 4.69) is 31.3 Å². The Morgan fingerprint density at radius 3 is 2.59 bits per heavy atom. The summed E-state index contributed by atoms with van der Waals surface area (Å²) in [6.07, 6.45) is 1.04. The molecule has 1 aromatic carbocycles. The summed E-state index contributed by atoms with van der Waals surface area (Å²) in [6.45, 7) is 8.02. The van der Waals surface area contributed by atoms with Gasteiger partial charge in [-0.3, -0.25) is 0 Å². The highest BCUT2D eigenvalue weighted by molar-refractivity contribution is 6.31. The second kappa shape index (κ2) is 7.25. The molecule has 0 bridgehead atoms. The zero-order chi connectivity index (χ0) is 12.8. The van der Waals surface area contributed by atoms with Crippen molar-refractivity contribution < 1.29 is 0 Å². The van der Waals surface area contributed by atoms with Crippen molar-refractivity contribution in [3.8, 4) is 0 Å². The molecule has 0 radical (unpaired) electrons. The van der Waals surface area contributed by atoms with Gasteiger partial charge in [-0.05, 0) is 36.5 Å². The molecule has 0 fully saturated rings. The van der Waals surface area contributed by atoms with Crippen molar-refractivity contribution in [3.63, 3.8) is 0 Å². The van der Waals surface area contributed by atoms with Crippen LogP contribution in [0, 0.1) is 12.8 Å². The monoisotopic (exact) mass is 273 g/mol. The molecule has 1 N–H and O–H groups in total. The number of rotatable bonds is 6. The van der Waals surface area contributed by atoms with E-state index in [1.54, 1.807) is 0 Å². The van der Waals surface area contributed by atoms with E-state index in [0.717, 1.165) is 30.1 Å². The Hall–Kier alpha value is -0.240. The molecule has 1 nitrogen and oxygen atoms in total. The van der Waals surface area contributed by atoms with E-state index in [4.69, 9.17) is 23.2 Å². The van der Waals surface area contributed by atoms with Crippen LogP contribution in [-0.2, 0) is 6.54 Å². The van der Waals surface area contributed by atoms with Gasteiger partial charge in [0, 0.05) is 23.5 Å². The molecule has 0 aromatic heterocycles. The summed E-state index contributed by atoms with van der Waals surface area (Å²) < 4.78 is 0. The van der Waals surface area contributed by atoms with Gasteiger partial charge in [-0.15, -0.1) is 11.6 Å². The highest BCUT2D eigenvalue weighted by Gasteiger charge is 2.07. The maximum atomic E-state index is 6.21. The molecule has 1 atom stereocenters. The molecule has 0 heterocycles. The molecule has 1 rings (SSSR count). The van der Waals surface area contributed by atoms with Crippen molar-refractivity contribution >= 4 is 23.2 Å². The molecule has 0 aliphatic heterocycles. The number of benzene rings is 1. The van der Waals surface area contributed by atoms with Gasteiger partial charge in [0.2, 0.25) is 0 Å². The van der Waals surface area contributed by atoms with Gasteiger partial charge < -0.3 is 5.32 Å². The van der Waals surface area contributed by atoms with E-state index in [1.165, 1.54) is 5.56 Å². The van der Waals surface area contributed by atoms with Crippen LogP contribution in [0.15, 0.2) is 18.2 Å². The summed E-state index contributed by atoms with van der Waals surface area (Å²) in [5.41, 5.74) is 2.32. The largest absolute Gasteiger partial charge is 0.311 e. The van der Waals surface area contributed by atoms with Gasteiger partial charge in [0.25, 0.3) is 0 Å². The Balaban J connectivity index is 2.35. The van der Waals surface area contributed by atoms with Crippen molar-refractivity contribution in [2.45, 2.75) is 39.1 Å². The zero-order valence-corrected chi connectivity index (χ0v) is 12.3. The minimum Gasteiger partial charge on any atom is -0.311 e. The standard InChI is InChI=1S/C14H21Cl2N/c1-10(2)6-13(15)9-17-8-12-5-4-11(3)7-14(12)16/h4-5,7,10,13,17H,6,8-9H2,1-3H3. The smallest absolute Gasteiger partial charge is 0.0463 e. The number of nitrogens with one attached hydrogen (secondary N) is 1.